The molecule has 1 aliphatic rings. The Hall–Kier alpha value is -0.910. The van der Waals surface area contributed by atoms with Crippen molar-refractivity contribution in [2.75, 3.05) is 7.05 Å². The van der Waals surface area contributed by atoms with Crippen molar-refractivity contribution >= 4 is 10.0 Å². The van der Waals surface area contributed by atoms with Gasteiger partial charge in [-0.1, -0.05) is 43.5 Å². The highest BCUT2D eigenvalue weighted by Crippen LogP contribution is 2.26. The van der Waals surface area contributed by atoms with Gasteiger partial charge in [-0.2, -0.15) is 0 Å². The summed E-state index contributed by atoms with van der Waals surface area (Å²) in [4.78, 5) is 0. The Labute approximate surface area is 122 Å². The number of rotatable bonds is 5. The second-order valence-electron chi connectivity index (χ2n) is 5.58. The topological polar surface area (TPSA) is 63.4 Å². The molecule has 1 aromatic carbocycles. The Bertz CT molecular complexity index is 519. The van der Waals surface area contributed by atoms with E-state index in [4.69, 9.17) is 5.73 Å². The summed E-state index contributed by atoms with van der Waals surface area (Å²) in [7, 11) is -1.49. The molecular weight excluding hydrogens is 272 g/mol. The standard InChI is InChI=1S/C15H24N2O2S/c1-17(12-14-9-7-13(11-16)8-10-14)20(18,19)15-5-3-2-4-6-15/h7-10,15H,2-6,11-12,16H2,1H3. The minimum Gasteiger partial charge on any atom is -0.326 e. The fourth-order valence-corrected chi connectivity index (χ4v) is 4.51. The van der Waals surface area contributed by atoms with Gasteiger partial charge in [0.25, 0.3) is 0 Å². The molecule has 0 amide bonds. The van der Waals surface area contributed by atoms with Crippen molar-refractivity contribution in [1.29, 1.82) is 0 Å². The largest absolute Gasteiger partial charge is 0.326 e. The summed E-state index contributed by atoms with van der Waals surface area (Å²) in [6, 6.07) is 7.82. The second-order valence-corrected chi connectivity index (χ2v) is 7.90. The third-order valence-corrected chi connectivity index (χ3v) is 6.38. The first-order valence-corrected chi connectivity index (χ1v) is 8.77. The highest BCUT2D eigenvalue weighted by molar-refractivity contribution is 7.89. The van der Waals surface area contributed by atoms with Crippen molar-refractivity contribution in [2.45, 2.75) is 50.4 Å². The molecule has 0 spiro atoms. The van der Waals surface area contributed by atoms with Gasteiger partial charge in [-0.15, -0.1) is 0 Å². The van der Waals surface area contributed by atoms with Gasteiger partial charge in [0, 0.05) is 20.1 Å². The Kier molecular flexibility index (Phi) is 5.18. The van der Waals surface area contributed by atoms with Gasteiger partial charge < -0.3 is 5.73 Å². The zero-order chi connectivity index (χ0) is 14.6. The number of nitrogens with two attached hydrogens (primary N) is 1. The minimum absolute atomic E-state index is 0.190. The van der Waals surface area contributed by atoms with Crippen LogP contribution in [-0.4, -0.2) is 25.0 Å². The molecule has 5 heteroatoms. The minimum atomic E-state index is -3.17. The number of sulfonamides is 1. The maximum atomic E-state index is 12.5. The van der Waals surface area contributed by atoms with Crippen molar-refractivity contribution in [3.63, 3.8) is 0 Å². The summed E-state index contributed by atoms with van der Waals surface area (Å²) in [6.45, 7) is 0.945. The molecule has 1 aliphatic carbocycles. The summed E-state index contributed by atoms with van der Waals surface area (Å²) in [5.41, 5.74) is 7.63. The van der Waals surface area contributed by atoms with E-state index in [0.717, 1.165) is 43.2 Å². The van der Waals surface area contributed by atoms with Gasteiger partial charge in [0.2, 0.25) is 10.0 Å². The maximum absolute atomic E-state index is 12.5. The zero-order valence-electron chi connectivity index (χ0n) is 12.1. The number of nitrogens with zero attached hydrogens (tertiary/aromatic N) is 1. The van der Waals surface area contributed by atoms with Crippen LogP contribution in [0.3, 0.4) is 0 Å². The number of hydrogen-bond acceptors (Lipinski definition) is 3. The third kappa shape index (κ3) is 3.59. The van der Waals surface area contributed by atoms with Gasteiger partial charge in [0.15, 0.2) is 0 Å². The lowest BCUT2D eigenvalue weighted by molar-refractivity contribution is 0.423. The molecule has 0 heterocycles. The Morgan fingerprint density at radius 2 is 1.65 bits per heavy atom. The lowest BCUT2D eigenvalue weighted by Gasteiger charge is -2.27. The molecule has 0 saturated heterocycles. The molecule has 0 aromatic heterocycles. The van der Waals surface area contributed by atoms with Crippen molar-refractivity contribution in [3.05, 3.63) is 35.4 Å². The van der Waals surface area contributed by atoms with Gasteiger partial charge in [0.05, 0.1) is 5.25 Å². The van der Waals surface area contributed by atoms with E-state index in [-0.39, 0.29) is 5.25 Å². The molecular formula is C15H24N2O2S. The SMILES string of the molecule is CN(Cc1ccc(CN)cc1)S(=O)(=O)C1CCCCC1. The lowest BCUT2D eigenvalue weighted by atomic mass is 10.0. The van der Waals surface area contributed by atoms with E-state index in [1.54, 1.807) is 7.05 Å². The van der Waals surface area contributed by atoms with E-state index in [2.05, 4.69) is 0 Å². The van der Waals surface area contributed by atoms with Crippen LogP contribution in [0.1, 0.15) is 43.2 Å². The van der Waals surface area contributed by atoms with E-state index in [0.29, 0.717) is 13.1 Å². The highest BCUT2D eigenvalue weighted by atomic mass is 32.2. The van der Waals surface area contributed by atoms with Gasteiger partial charge in [-0.05, 0) is 24.0 Å². The van der Waals surface area contributed by atoms with Crippen LogP contribution in [0, 0.1) is 0 Å². The van der Waals surface area contributed by atoms with Gasteiger partial charge in [-0.3, -0.25) is 0 Å². The number of hydrogen-bond donors (Lipinski definition) is 1. The first kappa shape index (κ1) is 15.5. The monoisotopic (exact) mass is 296 g/mol. The molecule has 20 heavy (non-hydrogen) atoms. The average molecular weight is 296 g/mol. The molecule has 0 radical (unpaired) electrons. The van der Waals surface area contributed by atoms with Crippen molar-refractivity contribution in [2.24, 2.45) is 5.73 Å². The summed E-state index contributed by atoms with van der Waals surface area (Å²) in [5.74, 6) is 0. The van der Waals surface area contributed by atoms with Crippen molar-refractivity contribution in [1.82, 2.24) is 4.31 Å². The molecule has 1 fully saturated rings. The second kappa shape index (κ2) is 6.70. The molecule has 2 rings (SSSR count). The predicted molar refractivity (Wildman–Crippen MR) is 81.6 cm³/mol. The first-order valence-electron chi connectivity index (χ1n) is 7.27. The van der Waals surface area contributed by atoms with Crippen LogP contribution in [0.4, 0.5) is 0 Å². The van der Waals surface area contributed by atoms with E-state index in [1.807, 2.05) is 24.3 Å². The molecule has 112 valence electrons. The van der Waals surface area contributed by atoms with E-state index in [1.165, 1.54) is 4.31 Å². The van der Waals surface area contributed by atoms with Gasteiger partial charge in [-0.25, -0.2) is 12.7 Å². The van der Waals surface area contributed by atoms with E-state index in [9.17, 15) is 8.42 Å². The van der Waals surface area contributed by atoms with Gasteiger partial charge in [0.1, 0.15) is 0 Å². The smallest absolute Gasteiger partial charge is 0.217 e. The van der Waals surface area contributed by atoms with Gasteiger partial charge >= 0.3 is 0 Å². The molecule has 0 atom stereocenters. The van der Waals surface area contributed by atoms with Crippen LogP contribution in [-0.2, 0) is 23.1 Å². The summed E-state index contributed by atoms with van der Waals surface area (Å²) in [5, 5.41) is -0.190. The quantitative estimate of drug-likeness (QED) is 0.906. The fourth-order valence-electron chi connectivity index (χ4n) is 2.75. The van der Waals surface area contributed by atoms with E-state index >= 15 is 0 Å². The molecule has 1 aromatic rings. The summed E-state index contributed by atoms with van der Waals surface area (Å²) in [6.07, 6.45) is 4.83. The van der Waals surface area contributed by atoms with Crippen LogP contribution in [0.2, 0.25) is 0 Å². The Morgan fingerprint density at radius 3 is 2.20 bits per heavy atom. The van der Waals surface area contributed by atoms with Crippen molar-refractivity contribution in [3.8, 4) is 0 Å². The van der Waals surface area contributed by atoms with Crippen LogP contribution < -0.4 is 5.73 Å². The molecule has 2 N–H and O–H groups in total. The Morgan fingerprint density at radius 1 is 1.10 bits per heavy atom. The molecule has 0 bridgehead atoms. The molecule has 0 aliphatic heterocycles. The molecule has 4 nitrogen and oxygen atoms in total. The lowest BCUT2D eigenvalue weighted by Crippen LogP contribution is -2.36. The summed E-state index contributed by atoms with van der Waals surface area (Å²) >= 11 is 0. The van der Waals surface area contributed by atoms with Crippen molar-refractivity contribution < 1.29 is 8.42 Å². The van der Waals surface area contributed by atoms with E-state index < -0.39 is 10.0 Å². The normalized spacial score (nSPS) is 17.6. The fraction of sp³-hybridized carbons (Fsp3) is 0.600. The van der Waals surface area contributed by atoms with Crippen LogP contribution in [0.15, 0.2) is 24.3 Å². The third-order valence-electron chi connectivity index (χ3n) is 4.07. The first-order chi connectivity index (χ1) is 9.54. The maximum Gasteiger partial charge on any atom is 0.217 e. The van der Waals surface area contributed by atoms with Crippen LogP contribution in [0.5, 0.6) is 0 Å². The highest BCUT2D eigenvalue weighted by Gasteiger charge is 2.30. The molecule has 0 unspecified atom stereocenters. The summed E-state index contributed by atoms with van der Waals surface area (Å²) < 4.78 is 26.5. The van der Waals surface area contributed by atoms with Crippen LogP contribution >= 0.6 is 0 Å². The Balaban J connectivity index is 2.03. The zero-order valence-corrected chi connectivity index (χ0v) is 12.9. The number of benzene rings is 1. The predicted octanol–water partition coefficient (Wildman–Crippen LogP) is 2.24. The molecule has 1 saturated carbocycles. The van der Waals surface area contributed by atoms with Crippen LogP contribution in [0.25, 0.3) is 0 Å². The average Bonchev–Trinajstić information content (AvgIpc) is 2.49.